The zero-order valence-electron chi connectivity index (χ0n) is 28.5. The highest BCUT2D eigenvalue weighted by Crippen LogP contribution is 2.46. The molecular weight excluding hydrogens is 627 g/mol. The first-order valence-electron chi connectivity index (χ1n) is 17.9. The maximum atomic E-state index is 4.77. The molecule has 1 nitrogen and oxygen atoms in total. The zero-order valence-corrected chi connectivity index (χ0v) is 28.5. The summed E-state index contributed by atoms with van der Waals surface area (Å²) >= 11 is 0. The zero-order chi connectivity index (χ0) is 34.4. The van der Waals surface area contributed by atoms with Crippen LogP contribution in [-0.2, 0) is 0 Å². The van der Waals surface area contributed by atoms with Gasteiger partial charge in [-0.1, -0.05) is 170 Å². The second-order valence-corrected chi connectivity index (χ2v) is 13.5. The van der Waals surface area contributed by atoms with Crippen LogP contribution in [0.4, 0.5) is 0 Å². The van der Waals surface area contributed by atoms with Crippen molar-refractivity contribution in [2.75, 3.05) is 0 Å². The van der Waals surface area contributed by atoms with E-state index in [1.807, 2.05) is 18.3 Å². The molecule has 10 aromatic rings. The minimum atomic E-state index is 0.995. The number of hydrogen-bond acceptors (Lipinski definition) is 1. The fraction of sp³-hybridized carbons (Fsp3) is 0. The lowest BCUT2D eigenvalue weighted by atomic mass is 9.84. The molecule has 0 spiro atoms. The third-order valence-corrected chi connectivity index (χ3v) is 10.5. The molecule has 52 heavy (non-hydrogen) atoms. The van der Waals surface area contributed by atoms with Gasteiger partial charge in [-0.15, -0.1) is 0 Å². The molecule has 0 amide bonds. The van der Waals surface area contributed by atoms with Crippen LogP contribution in [0.15, 0.2) is 200 Å². The van der Waals surface area contributed by atoms with E-state index in [1.165, 1.54) is 76.5 Å². The van der Waals surface area contributed by atoms with E-state index in [1.54, 1.807) is 0 Å². The maximum absolute atomic E-state index is 4.77. The van der Waals surface area contributed by atoms with Crippen LogP contribution in [0.2, 0.25) is 0 Å². The van der Waals surface area contributed by atoms with Crippen LogP contribution < -0.4 is 0 Å². The van der Waals surface area contributed by atoms with Crippen molar-refractivity contribution in [3.05, 3.63) is 200 Å². The molecule has 0 aliphatic heterocycles. The van der Waals surface area contributed by atoms with E-state index in [-0.39, 0.29) is 0 Å². The van der Waals surface area contributed by atoms with Crippen molar-refractivity contribution in [3.63, 3.8) is 0 Å². The molecule has 0 atom stereocenters. The number of nitrogens with zero attached hydrogens (tertiary/aromatic N) is 1. The second kappa shape index (κ2) is 12.5. The summed E-state index contributed by atoms with van der Waals surface area (Å²) in [5.41, 5.74) is 11.8. The Bertz CT molecular complexity index is 2940. The first kappa shape index (κ1) is 30.0. The normalized spacial score (nSPS) is 11.5. The van der Waals surface area contributed by atoms with Crippen molar-refractivity contribution in [1.82, 2.24) is 4.98 Å². The van der Waals surface area contributed by atoms with Gasteiger partial charge in [0.15, 0.2) is 0 Å². The van der Waals surface area contributed by atoms with Gasteiger partial charge in [-0.05, 0) is 106 Å². The molecule has 1 heterocycles. The first-order valence-corrected chi connectivity index (χ1v) is 17.9. The molecule has 0 saturated carbocycles. The average molecular weight is 660 g/mol. The molecule has 242 valence electrons. The van der Waals surface area contributed by atoms with E-state index in [4.69, 9.17) is 4.98 Å². The summed E-state index contributed by atoms with van der Waals surface area (Å²) in [4.78, 5) is 4.77. The van der Waals surface area contributed by atoms with Gasteiger partial charge in [0.25, 0.3) is 0 Å². The van der Waals surface area contributed by atoms with Crippen LogP contribution in [0.1, 0.15) is 0 Å². The molecule has 0 saturated heterocycles. The van der Waals surface area contributed by atoms with Gasteiger partial charge < -0.3 is 0 Å². The molecule has 1 heteroatoms. The molecule has 0 aliphatic carbocycles. The largest absolute Gasteiger partial charge is 0.256 e. The average Bonchev–Trinajstić information content (AvgIpc) is 3.22. The summed E-state index contributed by atoms with van der Waals surface area (Å²) in [6.07, 6.45) is 1.87. The molecule has 0 unspecified atom stereocenters. The quantitative estimate of drug-likeness (QED) is 0.168. The van der Waals surface area contributed by atoms with Gasteiger partial charge in [-0.3, -0.25) is 4.98 Å². The predicted octanol–water partition coefficient (Wildman–Crippen LogP) is 14.0. The summed E-state index contributed by atoms with van der Waals surface area (Å²) < 4.78 is 0. The monoisotopic (exact) mass is 659 g/mol. The van der Waals surface area contributed by atoms with Crippen LogP contribution >= 0.6 is 0 Å². The molecule has 9 aromatic carbocycles. The highest BCUT2D eigenvalue weighted by molar-refractivity contribution is 6.22. The highest BCUT2D eigenvalue weighted by atomic mass is 14.7. The molecule has 10 rings (SSSR count). The van der Waals surface area contributed by atoms with Gasteiger partial charge in [0.2, 0.25) is 0 Å². The molecule has 0 aliphatic rings. The van der Waals surface area contributed by atoms with Crippen LogP contribution in [0.3, 0.4) is 0 Å². The molecule has 1 aromatic heterocycles. The third kappa shape index (κ3) is 5.14. The number of benzene rings is 9. The first-order chi connectivity index (χ1) is 25.8. The van der Waals surface area contributed by atoms with Gasteiger partial charge in [-0.25, -0.2) is 0 Å². The Morgan fingerprint density at radius 2 is 0.769 bits per heavy atom. The van der Waals surface area contributed by atoms with Crippen molar-refractivity contribution < 1.29 is 0 Å². The van der Waals surface area contributed by atoms with Crippen molar-refractivity contribution in [2.24, 2.45) is 0 Å². The van der Waals surface area contributed by atoms with Crippen molar-refractivity contribution >= 4 is 43.1 Å². The van der Waals surface area contributed by atoms with Crippen LogP contribution in [0, 0.1) is 0 Å². The Balaban J connectivity index is 1.19. The van der Waals surface area contributed by atoms with Gasteiger partial charge in [0, 0.05) is 17.3 Å². The number of aromatic nitrogens is 1. The van der Waals surface area contributed by atoms with Crippen LogP contribution in [0.25, 0.3) is 98.9 Å². The lowest BCUT2D eigenvalue weighted by Gasteiger charge is -2.19. The standard InChI is InChI=1S/C51H33N/c1-2-13-38(14-3-1)51-44(19-10-30-52-51)37-24-20-36(21-25-37)41-28-29-47-48(33-41)50(43-27-23-35-12-5-7-16-40(35)32-43)46-18-9-8-17-45(46)49(47)42-26-22-34-11-4-6-15-39(34)31-42/h1-33H. The molecule has 0 N–H and O–H groups in total. The Hall–Kier alpha value is -6.83. The van der Waals surface area contributed by atoms with E-state index in [2.05, 4.69) is 182 Å². The second-order valence-electron chi connectivity index (χ2n) is 13.5. The van der Waals surface area contributed by atoms with E-state index in [0.29, 0.717) is 0 Å². The summed E-state index contributed by atoms with van der Waals surface area (Å²) in [5, 5.41) is 10.0. The predicted molar refractivity (Wildman–Crippen MR) is 221 cm³/mol. The van der Waals surface area contributed by atoms with E-state index >= 15 is 0 Å². The maximum Gasteiger partial charge on any atom is 0.0780 e. The summed E-state index contributed by atoms with van der Waals surface area (Å²) in [6, 6.07) is 70.6. The highest BCUT2D eigenvalue weighted by Gasteiger charge is 2.18. The third-order valence-electron chi connectivity index (χ3n) is 10.5. The fourth-order valence-electron chi connectivity index (χ4n) is 7.98. The Morgan fingerprint density at radius 1 is 0.269 bits per heavy atom. The van der Waals surface area contributed by atoms with Gasteiger partial charge in [0.1, 0.15) is 0 Å². The minimum Gasteiger partial charge on any atom is -0.256 e. The molecular formula is C51H33N. The van der Waals surface area contributed by atoms with Gasteiger partial charge >= 0.3 is 0 Å². The minimum absolute atomic E-state index is 0.995. The Morgan fingerprint density at radius 3 is 1.42 bits per heavy atom. The lowest BCUT2D eigenvalue weighted by Crippen LogP contribution is -1.92. The van der Waals surface area contributed by atoms with Crippen LogP contribution in [-0.4, -0.2) is 4.98 Å². The summed E-state index contributed by atoms with van der Waals surface area (Å²) in [5.74, 6) is 0. The van der Waals surface area contributed by atoms with Gasteiger partial charge in [-0.2, -0.15) is 0 Å². The number of hydrogen-bond donors (Lipinski definition) is 0. The van der Waals surface area contributed by atoms with E-state index in [0.717, 1.165) is 22.4 Å². The number of rotatable bonds is 5. The Kier molecular flexibility index (Phi) is 7.22. The molecule has 0 bridgehead atoms. The summed E-state index contributed by atoms with van der Waals surface area (Å²) in [7, 11) is 0. The van der Waals surface area contributed by atoms with E-state index < -0.39 is 0 Å². The SMILES string of the molecule is c1ccc(-c2ncccc2-c2ccc(-c3ccc4c(-c5ccc6ccccc6c5)c5ccccc5c(-c5ccc6ccccc6c5)c4c3)cc2)cc1. The smallest absolute Gasteiger partial charge is 0.0780 e. The van der Waals surface area contributed by atoms with E-state index in [9.17, 15) is 0 Å². The van der Waals surface area contributed by atoms with Crippen LogP contribution in [0.5, 0.6) is 0 Å². The molecule has 0 fully saturated rings. The fourth-order valence-corrected chi connectivity index (χ4v) is 7.98. The number of pyridine rings is 1. The Labute approximate surface area is 303 Å². The van der Waals surface area contributed by atoms with Crippen molar-refractivity contribution in [1.29, 1.82) is 0 Å². The summed E-state index contributed by atoms with van der Waals surface area (Å²) in [6.45, 7) is 0. The number of fused-ring (bicyclic) bond motifs is 4. The van der Waals surface area contributed by atoms with Crippen molar-refractivity contribution in [2.45, 2.75) is 0 Å². The molecule has 0 radical (unpaired) electrons. The van der Waals surface area contributed by atoms with Gasteiger partial charge in [0.05, 0.1) is 5.69 Å². The van der Waals surface area contributed by atoms with Crippen molar-refractivity contribution in [3.8, 4) is 55.8 Å². The topological polar surface area (TPSA) is 12.9 Å². The lowest BCUT2D eigenvalue weighted by molar-refractivity contribution is 1.32.